The molecule has 0 aromatic carbocycles. The van der Waals surface area contributed by atoms with E-state index in [1.165, 1.54) is 0 Å². The molecule has 0 aliphatic heterocycles. The molecule has 0 atom stereocenters. The standard InChI is InChI=1S/C11H18N2O4S/c1-9-6-10(13-17-9)7-18(15,16)12-8-11(2-3-11)4-5-14/h6,12,14H,2-5,7-8H2,1H3. The number of aryl methyl sites for hydroxylation is 1. The van der Waals surface area contributed by atoms with Gasteiger partial charge in [-0.3, -0.25) is 0 Å². The molecule has 0 spiro atoms. The van der Waals surface area contributed by atoms with Gasteiger partial charge in [0.25, 0.3) is 0 Å². The quantitative estimate of drug-likeness (QED) is 0.758. The summed E-state index contributed by atoms with van der Waals surface area (Å²) in [6.07, 6.45) is 2.59. The van der Waals surface area contributed by atoms with Crippen LogP contribution < -0.4 is 4.72 Å². The smallest absolute Gasteiger partial charge is 0.217 e. The van der Waals surface area contributed by atoms with Crippen molar-refractivity contribution in [1.29, 1.82) is 0 Å². The lowest BCUT2D eigenvalue weighted by atomic mass is 10.0. The lowest BCUT2D eigenvalue weighted by molar-refractivity contribution is 0.249. The minimum atomic E-state index is -3.39. The normalized spacial score (nSPS) is 17.9. The van der Waals surface area contributed by atoms with E-state index in [1.54, 1.807) is 13.0 Å². The van der Waals surface area contributed by atoms with Gasteiger partial charge in [0, 0.05) is 19.2 Å². The average molecular weight is 274 g/mol. The number of sulfonamides is 1. The number of aliphatic hydroxyl groups excluding tert-OH is 1. The van der Waals surface area contributed by atoms with E-state index in [-0.39, 0.29) is 17.8 Å². The highest BCUT2D eigenvalue weighted by atomic mass is 32.2. The third-order valence-corrected chi connectivity index (χ3v) is 4.54. The predicted octanol–water partition coefficient (Wildman–Crippen LogP) is 0.565. The Bertz CT molecular complexity index is 505. The number of hydrogen-bond donors (Lipinski definition) is 2. The summed E-state index contributed by atoms with van der Waals surface area (Å²) in [7, 11) is -3.39. The lowest BCUT2D eigenvalue weighted by Gasteiger charge is -2.14. The predicted molar refractivity (Wildman–Crippen MR) is 65.2 cm³/mol. The van der Waals surface area contributed by atoms with Crippen LogP contribution in [0.4, 0.5) is 0 Å². The number of aromatic nitrogens is 1. The van der Waals surface area contributed by atoms with Crippen LogP contribution in [0.2, 0.25) is 0 Å². The Kier molecular flexibility index (Phi) is 3.74. The van der Waals surface area contributed by atoms with Gasteiger partial charge < -0.3 is 9.63 Å². The second-order valence-corrected chi connectivity index (χ2v) is 6.79. The molecule has 1 fully saturated rings. The topological polar surface area (TPSA) is 92.4 Å². The SMILES string of the molecule is Cc1cc(CS(=O)(=O)NCC2(CCO)CC2)no1. The Hall–Kier alpha value is -0.920. The van der Waals surface area contributed by atoms with Gasteiger partial charge in [-0.25, -0.2) is 13.1 Å². The summed E-state index contributed by atoms with van der Waals surface area (Å²) < 4.78 is 31.1. The van der Waals surface area contributed by atoms with Gasteiger partial charge in [-0.1, -0.05) is 5.16 Å². The maximum Gasteiger partial charge on any atom is 0.217 e. The highest BCUT2D eigenvalue weighted by Gasteiger charge is 2.42. The van der Waals surface area contributed by atoms with E-state index >= 15 is 0 Å². The number of nitrogens with zero attached hydrogens (tertiary/aromatic N) is 1. The number of rotatable bonds is 7. The van der Waals surface area contributed by atoms with Crippen LogP contribution in [-0.4, -0.2) is 31.8 Å². The van der Waals surface area contributed by atoms with Gasteiger partial charge in [-0.2, -0.15) is 0 Å². The van der Waals surface area contributed by atoms with Crippen molar-refractivity contribution in [3.63, 3.8) is 0 Å². The van der Waals surface area contributed by atoms with Gasteiger partial charge in [-0.15, -0.1) is 0 Å². The molecule has 1 aromatic heterocycles. The Balaban J connectivity index is 1.88. The fraction of sp³-hybridized carbons (Fsp3) is 0.727. The minimum Gasteiger partial charge on any atom is -0.396 e. The van der Waals surface area contributed by atoms with Crippen LogP contribution in [0, 0.1) is 12.3 Å². The molecule has 1 aromatic rings. The zero-order chi connectivity index (χ0) is 13.2. The third kappa shape index (κ3) is 3.54. The molecule has 1 saturated carbocycles. The van der Waals surface area contributed by atoms with Crippen LogP contribution in [0.3, 0.4) is 0 Å². The van der Waals surface area contributed by atoms with Crippen LogP contribution in [-0.2, 0) is 15.8 Å². The van der Waals surface area contributed by atoms with Gasteiger partial charge in [0.2, 0.25) is 10.0 Å². The Morgan fingerprint density at radius 2 is 2.28 bits per heavy atom. The number of nitrogens with one attached hydrogen (secondary N) is 1. The van der Waals surface area contributed by atoms with E-state index in [2.05, 4.69) is 9.88 Å². The van der Waals surface area contributed by atoms with Gasteiger partial charge in [0.15, 0.2) is 0 Å². The largest absolute Gasteiger partial charge is 0.396 e. The zero-order valence-electron chi connectivity index (χ0n) is 10.3. The number of hydrogen-bond acceptors (Lipinski definition) is 5. The monoisotopic (exact) mass is 274 g/mol. The molecule has 102 valence electrons. The second kappa shape index (κ2) is 4.99. The lowest BCUT2D eigenvalue weighted by Crippen LogP contribution is -2.31. The van der Waals surface area contributed by atoms with Crippen molar-refractivity contribution < 1.29 is 18.0 Å². The van der Waals surface area contributed by atoms with Crippen LogP contribution in [0.15, 0.2) is 10.6 Å². The van der Waals surface area contributed by atoms with Crippen LogP contribution >= 0.6 is 0 Å². The molecule has 7 heteroatoms. The van der Waals surface area contributed by atoms with Crippen molar-refractivity contribution in [2.45, 2.75) is 31.9 Å². The molecule has 0 amide bonds. The van der Waals surface area contributed by atoms with E-state index < -0.39 is 10.0 Å². The van der Waals surface area contributed by atoms with Gasteiger partial charge >= 0.3 is 0 Å². The molecule has 6 nitrogen and oxygen atoms in total. The molecule has 1 aliphatic rings. The molecular weight excluding hydrogens is 256 g/mol. The molecule has 1 heterocycles. The molecule has 1 aliphatic carbocycles. The van der Waals surface area contributed by atoms with Crippen LogP contribution in [0.1, 0.15) is 30.7 Å². The van der Waals surface area contributed by atoms with Gasteiger partial charge in [0.1, 0.15) is 17.2 Å². The van der Waals surface area contributed by atoms with E-state index in [0.29, 0.717) is 24.4 Å². The van der Waals surface area contributed by atoms with Crippen LogP contribution in [0.25, 0.3) is 0 Å². The molecule has 2 rings (SSSR count). The van der Waals surface area contributed by atoms with Gasteiger partial charge in [-0.05, 0) is 31.6 Å². The Morgan fingerprint density at radius 1 is 1.56 bits per heavy atom. The maximum atomic E-state index is 11.8. The first kappa shape index (κ1) is 13.5. The first-order chi connectivity index (χ1) is 8.45. The van der Waals surface area contributed by atoms with Gasteiger partial charge in [0.05, 0.1) is 0 Å². The molecule has 0 bridgehead atoms. The highest BCUT2D eigenvalue weighted by molar-refractivity contribution is 7.88. The average Bonchev–Trinajstić information content (AvgIpc) is 2.94. The van der Waals surface area contributed by atoms with Crippen molar-refractivity contribution in [3.8, 4) is 0 Å². The van der Waals surface area contributed by atoms with Crippen LogP contribution in [0.5, 0.6) is 0 Å². The summed E-state index contributed by atoms with van der Waals surface area (Å²) >= 11 is 0. The van der Waals surface area contributed by atoms with E-state index in [9.17, 15) is 8.42 Å². The molecule has 0 saturated heterocycles. The fourth-order valence-electron chi connectivity index (χ4n) is 1.92. The molecule has 0 unspecified atom stereocenters. The number of aliphatic hydroxyl groups is 1. The summed E-state index contributed by atoms with van der Waals surface area (Å²) in [5.74, 6) is 0.429. The third-order valence-electron chi connectivity index (χ3n) is 3.28. The van der Waals surface area contributed by atoms with E-state index in [4.69, 9.17) is 9.63 Å². The maximum absolute atomic E-state index is 11.8. The van der Waals surface area contributed by atoms with Crippen molar-refractivity contribution in [3.05, 3.63) is 17.5 Å². The second-order valence-electron chi connectivity index (χ2n) is 4.98. The first-order valence-electron chi connectivity index (χ1n) is 5.95. The molecule has 2 N–H and O–H groups in total. The summed E-state index contributed by atoms with van der Waals surface area (Å²) in [5.41, 5.74) is 0.383. The first-order valence-corrected chi connectivity index (χ1v) is 7.60. The Morgan fingerprint density at radius 3 is 2.78 bits per heavy atom. The molecule has 18 heavy (non-hydrogen) atoms. The van der Waals surface area contributed by atoms with Crippen molar-refractivity contribution in [1.82, 2.24) is 9.88 Å². The molecular formula is C11H18N2O4S. The highest BCUT2D eigenvalue weighted by Crippen LogP contribution is 2.48. The van der Waals surface area contributed by atoms with Crippen molar-refractivity contribution in [2.75, 3.05) is 13.2 Å². The summed E-state index contributed by atoms with van der Waals surface area (Å²) in [4.78, 5) is 0. The van der Waals surface area contributed by atoms with E-state index in [0.717, 1.165) is 12.8 Å². The summed E-state index contributed by atoms with van der Waals surface area (Å²) in [5, 5.41) is 12.6. The summed E-state index contributed by atoms with van der Waals surface area (Å²) in [6, 6.07) is 1.61. The van der Waals surface area contributed by atoms with Crippen molar-refractivity contribution >= 4 is 10.0 Å². The summed E-state index contributed by atoms with van der Waals surface area (Å²) in [6.45, 7) is 2.22. The van der Waals surface area contributed by atoms with E-state index in [1.807, 2.05) is 0 Å². The minimum absolute atomic E-state index is 0.0262. The molecule has 0 radical (unpaired) electrons. The fourth-order valence-corrected chi connectivity index (χ4v) is 3.08. The zero-order valence-corrected chi connectivity index (χ0v) is 11.2. The Labute approximate surface area is 106 Å². The van der Waals surface area contributed by atoms with Crippen molar-refractivity contribution in [2.24, 2.45) is 5.41 Å².